The Labute approximate surface area is 190 Å². The summed E-state index contributed by atoms with van der Waals surface area (Å²) in [5.74, 6) is -0.159. The summed E-state index contributed by atoms with van der Waals surface area (Å²) in [6, 6.07) is 15.8. The molecule has 9 heteroatoms. The van der Waals surface area contributed by atoms with E-state index in [1.165, 1.54) is 18.2 Å². The second-order valence-electron chi connectivity index (χ2n) is 6.91. The molecule has 0 atom stereocenters. The second kappa shape index (κ2) is 8.14. The van der Waals surface area contributed by atoms with Gasteiger partial charge in [-0.25, -0.2) is 4.39 Å². The third-order valence-electron chi connectivity index (χ3n) is 4.85. The Morgan fingerprint density at radius 3 is 2.62 bits per heavy atom. The third kappa shape index (κ3) is 3.74. The summed E-state index contributed by atoms with van der Waals surface area (Å²) in [4.78, 5) is 26.0. The van der Waals surface area contributed by atoms with Gasteiger partial charge in [0.2, 0.25) is 6.79 Å². The Morgan fingerprint density at radius 2 is 1.75 bits per heavy atom. The highest BCUT2D eigenvalue weighted by Gasteiger charge is 2.21. The van der Waals surface area contributed by atoms with Crippen molar-refractivity contribution < 1.29 is 23.5 Å². The molecule has 2 N–H and O–H groups in total. The maximum Gasteiger partial charge on any atom is 0.267 e. The van der Waals surface area contributed by atoms with Gasteiger partial charge in [0.25, 0.3) is 11.8 Å². The number of hydrogen-bond donors (Lipinski definition) is 2. The molecule has 0 saturated heterocycles. The highest BCUT2D eigenvalue weighted by Crippen LogP contribution is 2.37. The summed E-state index contributed by atoms with van der Waals surface area (Å²) in [7, 11) is 0. The number of hydrogen-bond acceptors (Lipinski definition) is 5. The molecule has 160 valence electrons. The molecule has 0 unspecified atom stereocenters. The van der Waals surface area contributed by atoms with Crippen molar-refractivity contribution in [3.05, 3.63) is 81.9 Å². The molecule has 1 aliphatic rings. The number of carbonyl (C=O) groups excluding carboxylic acids is 2. The predicted molar refractivity (Wildman–Crippen MR) is 122 cm³/mol. The summed E-state index contributed by atoms with van der Waals surface area (Å²) in [5.41, 5.74) is 1.10. The van der Waals surface area contributed by atoms with Crippen LogP contribution < -0.4 is 20.1 Å². The number of benzene rings is 3. The summed E-state index contributed by atoms with van der Waals surface area (Å²) in [5, 5.41) is 6.36. The first kappa shape index (κ1) is 20.3. The quantitative estimate of drug-likeness (QED) is 0.389. The van der Waals surface area contributed by atoms with Crippen LogP contribution in [-0.4, -0.2) is 18.6 Å². The van der Waals surface area contributed by atoms with Gasteiger partial charge in [-0.2, -0.15) is 0 Å². The molecule has 6 nitrogen and oxygen atoms in total. The van der Waals surface area contributed by atoms with Gasteiger partial charge in [-0.05, 0) is 42.5 Å². The van der Waals surface area contributed by atoms with Gasteiger partial charge < -0.3 is 20.1 Å². The number of rotatable bonds is 4. The van der Waals surface area contributed by atoms with Crippen LogP contribution in [0.25, 0.3) is 10.1 Å². The lowest BCUT2D eigenvalue weighted by atomic mass is 10.1. The summed E-state index contributed by atoms with van der Waals surface area (Å²) < 4.78 is 24.7. The first-order valence-electron chi connectivity index (χ1n) is 9.48. The molecule has 0 radical (unpaired) electrons. The van der Waals surface area contributed by atoms with Crippen LogP contribution in [0.15, 0.2) is 60.7 Å². The molecule has 0 fully saturated rings. The number of thiophene rings is 1. The van der Waals surface area contributed by atoms with Gasteiger partial charge in [-0.3, -0.25) is 9.59 Å². The topological polar surface area (TPSA) is 76.7 Å². The second-order valence-corrected chi connectivity index (χ2v) is 8.34. The van der Waals surface area contributed by atoms with Crippen LogP contribution in [0.5, 0.6) is 11.5 Å². The van der Waals surface area contributed by atoms with Gasteiger partial charge in [0.05, 0.1) is 16.3 Å². The minimum absolute atomic E-state index is 0.133. The van der Waals surface area contributed by atoms with E-state index in [0.717, 1.165) is 11.3 Å². The molecule has 5 rings (SSSR count). The fraction of sp³-hybridized carbons (Fsp3) is 0.0435. The van der Waals surface area contributed by atoms with E-state index >= 15 is 0 Å². The number of halogens is 2. The minimum Gasteiger partial charge on any atom is -0.454 e. The van der Waals surface area contributed by atoms with Gasteiger partial charge in [0.1, 0.15) is 10.7 Å². The summed E-state index contributed by atoms with van der Waals surface area (Å²) in [6.45, 7) is 0.133. The van der Waals surface area contributed by atoms with Crippen molar-refractivity contribution in [3.63, 3.8) is 0 Å². The Kier molecular flexibility index (Phi) is 5.16. The molecule has 0 saturated carbocycles. The number of para-hydroxylation sites is 1. The number of nitrogens with one attached hydrogen (secondary N) is 2. The smallest absolute Gasteiger partial charge is 0.267 e. The first-order chi connectivity index (χ1) is 15.5. The lowest BCUT2D eigenvalue weighted by molar-refractivity contribution is 0.102. The number of amides is 2. The molecule has 2 amide bonds. The van der Waals surface area contributed by atoms with Crippen molar-refractivity contribution in [2.45, 2.75) is 0 Å². The molecule has 32 heavy (non-hydrogen) atoms. The Bertz CT molecular complexity index is 1390. The van der Waals surface area contributed by atoms with E-state index in [1.807, 2.05) is 0 Å². The van der Waals surface area contributed by atoms with Crippen LogP contribution in [0.4, 0.5) is 15.8 Å². The predicted octanol–water partition coefficient (Wildman–Crippen LogP) is 5.93. The highest BCUT2D eigenvalue weighted by atomic mass is 35.5. The zero-order valence-corrected chi connectivity index (χ0v) is 17.9. The van der Waals surface area contributed by atoms with Crippen LogP contribution >= 0.6 is 22.9 Å². The van der Waals surface area contributed by atoms with Gasteiger partial charge in [0.15, 0.2) is 11.5 Å². The van der Waals surface area contributed by atoms with Crippen LogP contribution in [0.3, 0.4) is 0 Å². The summed E-state index contributed by atoms with van der Waals surface area (Å²) in [6.07, 6.45) is 0. The molecule has 3 aromatic carbocycles. The molecule has 1 aromatic heterocycles. The van der Waals surface area contributed by atoms with E-state index < -0.39 is 17.6 Å². The van der Waals surface area contributed by atoms with Crippen LogP contribution in [-0.2, 0) is 0 Å². The maximum absolute atomic E-state index is 13.5. The minimum atomic E-state index is -0.486. The van der Waals surface area contributed by atoms with E-state index in [0.29, 0.717) is 33.0 Å². The highest BCUT2D eigenvalue weighted by molar-refractivity contribution is 7.21. The molecule has 0 bridgehead atoms. The van der Waals surface area contributed by atoms with Gasteiger partial charge in [-0.15, -0.1) is 11.3 Å². The van der Waals surface area contributed by atoms with Crippen molar-refractivity contribution in [2.24, 2.45) is 0 Å². The van der Waals surface area contributed by atoms with Crippen molar-refractivity contribution in [2.75, 3.05) is 17.4 Å². The van der Waals surface area contributed by atoms with E-state index in [4.69, 9.17) is 21.1 Å². The normalized spacial score (nSPS) is 12.1. The first-order valence-corrected chi connectivity index (χ1v) is 10.7. The van der Waals surface area contributed by atoms with Crippen molar-refractivity contribution in [1.29, 1.82) is 0 Å². The van der Waals surface area contributed by atoms with Crippen LogP contribution in [0.2, 0.25) is 5.02 Å². The third-order valence-corrected chi connectivity index (χ3v) is 6.50. The molecular formula is C23H14ClFN2O4S. The number of anilines is 2. The molecule has 0 aliphatic carbocycles. The average Bonchev–Trinajstić information content (AvgIpc) is 3.37. The van der Waals surface area contributed by atoms with Crippen molar-refractivity contribution in [1.82, 2.24) is 0 Å². The summed E-state index contributed by atoms with van der Waals surface area (Å²) >= 11 is 7.44. The van der Waals surface area contributed by atoms with Gasteiger partial charge in [0, 0.05) is 21.8 Å². The zero-order chi connectivity index (χ0) is 22.2. The Hall–Kier alpha value is -3.62. The SMILES string of the molecule is O=C(Nc1ccc2c(c1)OCO2)c1ccccc1NC(=O)c1sc2cc(F)ccc2c1Cl. The Balaban J connectivity index is 1.39. The average molecular weight is 469 g/mol. The molecule has 2 heterocycles. The van der Waals surface area contributed by atoms with Crippen molar-refractivity contribution >= 4 is 56.2 Å². The number of carbonyl (C=O) groups is 2. The number of ether oxygens (including phenoxy) is 2. The fourth-order valence-electron chi connectivity index (χ4n) is 3.33. The molecule has 0 spiro atoms. The molecule has 1 aliphatic heterocycles. The van der Waals surface area contributed by atoms with Gasteiger partial charge in [-0.1, -0.05) is 23.7 Å². The zero-order valence-electron chi connectivity index (χ0n) is 16.3. The van der Waals surface area contributed by atoms with E-state index in [2.05, 4.69) is 10.6 Å². The van der Waals surface area contributed by atoms with Gasteiger partial charge >= 0.3 is 0 Å². The van der Waals surface area contributed by atoms with E-state index in [-0.39, 0.29) is 22.3 Å². The lowest BCUT2D eigenvalue weighted by Crippen LogP contribution is -2.17. The molecule has 4 aromatic rings. The van der Waals surface area contributed by atoms with Crippen molar-refractivity contribution in [3.8, 4) is 11.5 Å². The maximum atomic E-state index is 13.5. The Morgan fingerprint density at radius 1 is 0.938 bits per heavy atom. The van der Waals surface area contributed by atoms with E-state index in [9.17, 15) is 14.0 Å². The van der Waals surface area contributed by atoms with E-state index in [1.54, 1.807) is 42.5 Å². The fourth-order valence-corrected chi connectivity index (χ4v) is 4.76. The van der Waals surface area contributed by atoms with Crippen LogP contribution in [0, 0.1) is 5.82 Å². The monoisotopic (exact) mass is 468 g/mol. The molecular weight excluding hydrogens is 455 g/mol. The lowest BCUT2D eigenvalue weighted by Gasteiger charge is -2.11. The van der Waals surface area contributed by atoms with Crippen LogP contribution in [0.1, 0.15) is 20.0 Å². The standard InChI is InChI=1S/C23H14ClFN2O4S/c24-20-15-7-5-12(25)9-19(15)32-21(20)23(29)27-16-4-2-1-3-14(16)22(28)26-13-6-8-17-18(10-13)31-11-30-17/h1-10H,11H2,(H,26,28)(H,27,29). The number of fused-ring (bicyclic) bond motifs is 2. The largest absolute Gasteiger partial charge is 0.454 e.